The minimum atomic E-state index is 0.602. The summed E-state index contributed by atoms with van der Waals surface area (Å²) in [6, 6.07) is 4.25. The predicted octanol–water partition coefficient (Wildman–Crippen LogP) is 4.16. The molecule has 15 heavy (non-hydrogen) atoms. The van der Waals surface area contributed by atoms with Crippen LogP contribution in [0.25, 0.3) is 6.08 Å². The lowest BCUT2D eigenvalue weighted by molar-refractivity contribution is 0.683. The Kier molecular flexibility index (Phi) is 5.58. The lowest BCUT2D eigenvalue weighted by Crippen LogP contribution is -2.18. The van der Waals surface area contributed by atoms with Gasteiger partial charge >= 0.3 is 0 Å². The predicted molar refractivity (Wildman–Crippen MR) is 73.4 cm³/mol. The molecule has 0 aliphatic carbocycles. The van der Waals surface area contributed by atoms with Crippen LogP contribution in [0, 0.1) is 5.92 Å². The number of thiophene rings is 1. The van der Waals surface area contributed by atoms with Crippen LogP contribution in [0.5, 0.6) is 0 Å². The molecule has 0 aromatic carbocycles. The van der Waals surface area contributed by atoms with Gasteiger partial charge in [-0.05, 0) is 46.6 Å². The van der Waals surface area contributed by atoms with Crippen LogP contribution in [0.15, 0.2) is 21.5 Å². The fourth-order valence-electron chi connectivity index (χ4n) is 1.28. The Morgan fingerprint density at radius 1 is 1.53 bits per heavy atom. The van der Waals surface area contributed by atoms with Gasteiger partial charge in [-0.2, -0.15) is 0 Å². The van der Waals surface area contributed by atoms with Crippen molar-refractivity contribution in [2.45, 2.75) is 20.8 Å². The van der Waals surface area contributed by atoms with Gasteiger partial charge < -0.3 is 5.32 Å². The molecule has 1 heterocycles. The van der Waals surface area contributed by atoms with E-state index in [1.54, 1.807) is 11.3 Å². The van der Waals surface area contributed by atoms with E-state index >= 15 is 0 Å². The molecule has 0 aliphatic rings. The van der Waals surface area contributed by atoms with Crippen molar-refractivity contribution in [1.82, 2.24) is 5.32 Å². The fourth-order valence-corrected chi connectivity index (χ4v) is 2.68. The van der Waals surface area contributed by atoms with Crippen LogP contribution in [-0.2, 0) is 0 Å². The highest BCUT2D eigenvalue weighted by molar-refractivity contribution is 9.11. The van der Waals surface area contributed by atoms with Crippen LogP contribution in [-0.4, -0.2) is 13.1 Å². The maximum atomic E-state index is 3.49. The number of likely N-dealkylation sites (N-methyl/N-ethyl adjacent to an activating group) is 1. The highest BCUT2D eigenvalue weighted by Gasteiger charge is 2.03. The van der Waals surface area contributed by atoms with E-state index in [-0.39, 0.29) is 0 Å². The summed E-state index contributed by atoms with van der Waals surface area (Å²) in [6.07, 6.45) is 2.29. The Bertz CT molecular complexity index is 328. The van der Waals surface area contributed by atoms with E-state index in [0.29, 0.717) is 5.92 Å². The smallest absolute Gasteiger partial charge is 0.0704 e. The Morgan fingerprint density at radius 3 is 2.73 bits per heavy atom. The topological polar surface area (TPSA) is 12.0 Å². The van der Waals surface area contributed by atoms with Gasteiger partial charge in [0.25, 0.3) is 0 Å². The molecule has 1 rings (SSSR count). The number of halogens is 1. The van der Waals surface area contributed by atoms with Crippen LogP contribution < -0.4 is 5.32 Å². The van der Waals surface area contributed by atoms with Crippen molar-refractivity contribution in [3.05, 3.63) is 26.4 Å². The zero-order valence-corrected chi connectivity index (χ0v) is 11.9. The highest BCUT2D eigenvalue weighted by Crippen LogP contribution is 2.25. The van der Waals surface area contributed by atoms with Gasteiger partial charge in [0.15, 0.2) is 0 Å². The zero-order chi connectivity index (χ0) is 11.3. The molecule has 1 N–H and O–H groups in total. The summed E-state index contributed by atoms with van der Waals surface area (Å²) < 4.78 is 1.19. The molecule has 0 spiro atoms. The minimum absolute atomic E-state index is 0.602. The molecule has 0 atom stereocenters. The molecule has 1 aromatic rings. The molecule has 0 saturated carbocycles. The molecule has 0 amide bonds. The quantitative estimate of drug-likeness (QED) is 0.858. The molecule has 0 unspecified atom stereocenters. The van der Waals surface area contributed by atoms with Crippen LogP contribution in [0.3, 0.4) is 0 Å². The molecule has 1 nitrogen and oxygen atoms in total. The van der Waals surface area contributed by atoms with E-state index in [2.05, 4.69) is 60.2 Å². The van der Waals surface area contributed by atoms with Crippen molar-refractivity contribution in [2.24, 2.45) is 5.92 Å². The molecular formula is C12H18BrNS. The van der Waals surface area contributed by atoms with Gasteiger partial charge in [-0.15, -0.1) is 11.3 Å². The molecule has 1 aromatic heterocycles. The first-order valence-electron chi connectivity index (χ1n) is 5.30. The van der Waals surface area contributed by atoms with Crippen LogP contribution in [0.2, 0.25) is 0 Å². The van der Waals surface area contributed by atoms with Gasteiger partial charge in [-0.3, -0.25) is 0 Å². The molecule has 0 aliphatic heterocycles. The summed E-state index contributed by atoms with van der Waals surface area (Å²) in [4.78, 5) is 1.32. The molecule has 84 valence electrons. The largest absolute Gasteiger partial charge is 0.313 e. The van der Waals surface area contributed by atoms with Crippen LogP contribution in [0.1, 0.15) is 25.6 Å². The zero-order valence-electron chi connectivity index (χ0n) is 9.51. The van der Waals surface area contributed by atoms with E-state index in [9.17, 15) is 0 Å². The first-order chi connectivity index (χ1) is 7.13. The monoisotopic (exact) mass is 287 g/mol. The van der Waals surface area contributed by atoms with Gasteiger partial charge in [0, 0.05) is 11.4 Å². The Morgan fingerprint density at radius 2 is 2.27 bits per heavy atom. The summed E-state index contributed by atoms with van der Waals surface area (Å²) >= 11 is 5.26. The second-order valence-corrected chi connectivity index (χ2v) is 6.29. The summed E-state index contributed by atoms with van der Waals surface area (Å²) in [7, 11) is 0. The standard InChI is InChI=1S/C12H18BrNS/c1-4-14-8-10(9(2)3)7-11-5-6-12(13)15-11/h5-7,9,14H,4,8H2,1-3H3. The maximum Gasteiger partial charge on any atom is 0.0704 e. The van der Waals surface area contributed by atoms with E-state index in [1.165, 1.54) is 14.2 Å². The highest BCUT2D eigenvalue weighted by atomic mass is 79.9. The third kappa shape index (κ3) is 4.49. The van der Waals surface area contributed by atoms with Crippen molar-refractivity contribution in [1.29, 1.82) is 0 Å². The SMILES string of the molecule is CCNCC(=Cc1ccc(Br)s1)C(C)C. The number of nitrogens with one attached hydrogen (secondary N) is 1. The third-order valence-corrected chi connectivity index (χ3v) is 3.81. The van der Waals surface area contributed by atoms with E-state index in [4.69, 9.17) is 0 Å². The Balaban J connectivity index is 2.74. The molecule has 3 heteroatoms. The summed E-state index contributed by atoms with van der Waals surface area (Å²) in [6.45, 7) is 8.64. The molecule has 0 bridgehead atoms. The van der Waals surface area contributed by atoms with Crippen molar-refractivity contribution in [2.75, 3.05) is 13.1 Å². The molecule has 0 fully saturated rings. The Labute approximate surface area is 105 Å². The average molecular weight is 288 g/mol. The first-order valence-corrected chi connectivity index (χ1v) is 6.91. The van der Waals surface area contributed by atoms with Gasteiger partial charge in [-0.1, -0.05) is 26.3 Å². The molecular weight excluding hydrogens is 270 g/mol. The normalized spacial score (nSPS) is 12.5. The summed E-state index contributed by atoms with van der Waals surface area (Å²) in [5.74, 6) is 0.602. The number of hydrogen-bond donors (Lipinski definition) is 1. The maximum absolute atomic E-state index is 3.49. The lowest BCUT2D eigenvalue weighted by atomic mass is 10.0. The first kappa shape index (κ1) is 12.9. The van der Waals surface area contributed by atoms with Crippen LogP contribution >= 0.6 is 27.3 Å². The summed E-state index contributed by atoms with van der Waals surface area (Å²) in [5, 5.41) is 3.38. The molecule has 0 radical (unpaired) electrons. The summed E-state index contributed by atoms with van der Waals surface area (Å²) in [5.41, 5.74) is 1.46. The minimum Gasteiger partial charge on any atom is -0.313 e. The second kappa shape index (κ2) is 6.46. The average Bonchev–Trinajstić information content (AvgIpc) is 2.58. The van der Waals surface area contributed by atoms with Gasteiger partial charge in [0.2, 0.25) is 0 Å². The van der Waals surface area contributed by atoms with Gasteiger partial charge in [0.05, 0.1) is 3.79 Å². The Hall–Kier alpha value is -0.120. The lowest BCUT2D eigenvalue weighted by Gasteiger charge is -2.11. The fraction of sp³-hybridized carbons (Fsp3) is 0.500. The number of hydrogen-bond acceptors (Lipinski definition) is 2. The van der Waals surface area contributed by atoms with E-state index in [0.717, 1.165) is 13.1 Å². The van der Waals surface area contributed by atoms with Crippen molar-refractivity contribution in [3.63, 3.8) is 0 Å². The molecule has 0 saturated heterocycles. The van der Waals surface area contributed by atoms with E-state index in [1.807, 2.05) is 0 Å². The van der Waals surface area contributed by atoms with Crippen molar-refractivity contribution >= 4 is 33.3 Å². The van der Waals surface area contributed by atoms with E-state index < -0.39 is 0 Å². The third-order valence-electron chi connectivity index (χ3n) is 2.24. The van der Waals surface area contributed by atoms with Crippen LogP contribution in [0.4, 0.5) is 0 Å². The van der Waals surface area contributed by atoms with Crippen molar-refractivity contribution in [3.8, 4) is 0 Å². The van der Waals surface area contributed by atoms with Crippen molar-refractivity contribution < 1.29 is 0 Å². The van der Waals surface area contributed by atoms with Gasteiger partial charge in [0.1, 0.15) is 0 Å². The number of rotatable bonds is 5. The van der Waals surface area contributed by atoms with Gasteiger partial charge in [-0.25, -0.2) is 0 Å². The second-order valence-electron chi connectivity index (χ2n) is 3.80.